The number of rotatable bonds is 4. The molecule has 0 aliphatic carbocycles. The molecule has 0 spiro atoms. The molecule has 1 aromatic carbocycles. The van der Waals surface area contributed by atoms with E-state index < -0.39 is 10.0 Å². The van der Waals surface area contributed by atoms with Crippen molar-refractivity contribution in [2.45, 2.75) is 24.7 Å². The van der Waals surface area contributed by atoms with Crippen LogP contribution in [-0.4, -0.2) is 39.5 Å². The molecule has 0 saturated carbocycles. The largest absolute Gasteiger partial charge is 0.398 e. The molecule has 1 saturated heterocycles. The highest BCUT2D eigenvalue weighted by Crippen LogP contribution is 2.30. The predicted octanol–water partition coefficient (Wildman–Crippen LogP) is 2.39. The van der Waals surface area contributed by atoms with Gasteiger partial charge in [-0.3, -0.25) is 0 Å². The molecule has 7 heteroatoms. The Morgan fingerprint density at radius 1 is 1.48 bits per heavy atom. The van der Waals surface area contributed by atoms with Crippen LogP contribution in [0, 0.1) is 12.8 Å². The van der Waals surface area contributed by atoms with Gasteiger partial charge in [-0.25, -0.2) is 8.42 Å². The maximum absolute atomic E-state index is 12.8. The molecule has 1 aliphatic rings. The topological polar surface area (TPSA) is 72.6 Å². The molecule has 0 bridgehead atoms. The van der Waals surface area contributed by atoms with Gasteiger partial charge in [-0.15, -0.1) is 0 Å². The fourth-order valence-electron chi connectivity index (χ4n) is 2.70. The van der Waals surface area contributed by atoms with Gasteiger partial charge in [-0.05, 0) is 59.3 Å². The van der Waals surface area contributed by atoms with Gasteiger partial charge in [0.1, 0.15) is 0 Å². The highest BCUT2D eigenvalue weighted by molar-refractivity contribution is 9.10. The van der Waals surface area contributed by atoms with Gasteiger partial charge in [0.2, 0.25) is 10.0 Å². The lowest BCUT2D eigenvalue weighted by molar-refractivity contribution is 0.118. The molecule has 5 nitrogen and oxygen atoms in total. The first-order valence-corrected chi connectivity index (χ1v) is 9.14. The van der Waals surface area contributed by atoms with Crippen LogP contribution in [0.25, 0.3) is 0 Å². The summed E-state index contributed by atoms with van der Waals surface area (Å²) in [6.07, 6.45) is 1.86. The maximum Gasteiger partial charge on any atom is 0.243 e. The van der Waals surface area contributed by atoms with E-state index in [1.54, 1.807) is 24.4 Å². The van der Waals surface area contributed by atoms with Gasteiger partial charge in [0.25, 0.3) is 0 Å². The second-order valence-electron chi connectivity index (χ2n) is 5.47. The number of anilines is 1. The molecule has 2 rings (SSSR count). The third kappa shape index (κ3) is 3.59. The van der Waals surface area contributed by atoms with Gasteiger partial charge in [0.15, 0.2) is 0 Å². The zero-order valence-electron chi connectivity index (χ0n) is 12.3. The number of nitrogen functional groups attached to an aromatic ring is 1. The van der Waals surface area contributed by atoms with Crippen molar-refractivity contribution in [1.82, 2.24) is 4.31 Å². The van der Waals surface area contributed by atoms with E-state index in [2.05, 4.69) is 15.9 Å². The van der Waals surface area contributed by atoms with E-state index in [1.807, 2.05) is 0 Å². The third-order valence-electron chi connectivity index (χ3n) is 3.80. The fraction of sp³-hybridized carbons (Fsp3) is 0.571. The molecule has 1 atom stereocenters. The molecule has 1 unspecified atom stereocenters. The average Bonchev–Trinajstić information content (AvgIpc) is 2.43. The SMILES string of the molecule is COCC1CCCN(S(=O)(=O)c2cc(N)c(Br)cc2C)C1. The van der Waals surface area contributed by atoms with Crippen LogP contribution in [-0.2, 0) is 14.8 Å². The summed E-state index contributed by atoms with van der Waals surface area (Å²) in [5, 5.41) is 0. The van der Waals surface area contributed by atoms with Gasteiger partial charge in [0, 0.05) is 30.4 Å². The number of hydrogen-bond donors (Lipinski definition) is 1. The van der Waals surface area contributed by atoms with E-state index in [0.717, 1.165) is 17.3 Å². The summed E-state index contributed by atoms with van der Waals surface area (Å²) in [6.45, 7) is 3.44. The number of sulfonamides is 1. The molecule has 0 radical (unpaired) electrons. The molecule has 1 fully saturated rings. The number of aryl methyl sites for hydroxylation is 1. The number of ether oxygens (including phenoxy) is 1. The first kappa shape index (κ1) is 16.7. The first-order chi connectivity index (χ1) is 9.86. The molecular formula is C14H21BrN2O3S. The summed E-state index contributed by atoms with van der Waals surface area (Å²) in [5.74, 6) is 0.256. The Kier molecular flexibility index (Phi) is 5.29. The Bertz CT molecular complexity index is 617. The van der Waals surface area contributed by atoms with Gasteiger partial charge >= 0.3 is 0 Å². The van der Waals surface area contributed by atoms with E-state index in [0.29, 0.717) is 35.8 Å². The van der Waals surface area contributed by atoms with E-state index >= 15 is 0 Å². The molecule has 118 valence electrons. The summed E-state index contributed by atoms with van der Waals surface area (Å²) in [4.78, 5) is 0.293. The molecular weight excluding hydrogens is 356 g/mol. The normalized spacial score (nSPS) is 20.6. The number of nitrogens with two attached hydrogens (primary N) is 1. The molecule has 1 aromatic rings. The Balaban J connectivity index is 2.31. The van der Waals surface area contributed by atoms with Crippen molar-refractivity contribution in [3.63, 3.8) is 0 Å². The fourth-order valence-corrected chi connectivity index (χ4v) is 4.96. The van der Waals surface area contributed by atoms with Gasteiger partial charge in [0.05, 0.1) is 11.5 Å². The van der Waals surface area contributed by atoms with Crippen molar-refractivity contribution in [1.29, 1.82) is 0 Å². The summed E-state index contributed by atoms with van der Waals surface area (Å²) in [7, 11) is -1.86. The molecule has 1 heterocycles. The van der Waals surface area contributed by atoms with E-state index in [4.69, 9.17) is 10.5 Å². The smallest absolute Gasteiger partial charge is 0.243 e. The lowest BCUT2D eigenvalue weighted by Crippen LogP contribution is -2.41. The lowest BCUT2D eigenvalue weighted by Gasteiger charge is -2.32. The first-order valence-electron chi connectivity index (χ1n) is 6.91. The minimum absolute atomic E-state index is 0.256. The zero-order chi connectivity index (χ0) is 15.6. The second-order valence-corrected chi connectivity index (χ2v) is 8.23. The monoisotopic (exact) mass is 376 g/mol. The molecule has 2 N–H and O–H groups in total. The Morgan fingerprint density at radius 3 is 2.86 bits per heavy atom. The standard InChI is InChI=1S/C14H21BrN2O3S/c1-10-6-12(15)13(16)7-14(10)21(18,19)17-5-3-4-11(8-17)9-20-2/h6-7,11H,3-5,8-9,16H2,1-2H3. The Morgan fingerprint density at radius 2 is 2.19 bits per heavy atom. The number of benzene rings is 1. The van der Waals surface area contributed by atoms with E-state index in [-0.39, 0.29) is 5.92 Å². The van der Waals surface area contributed by atoms with Crippen molar-refractivity contribution < 1.29 is 13.2 Å². The van der Waals surface area contributed by atoms with Crippen LogP contribution in [0.2, 0.25) is 0 Å². The van der Waals surface area contributed by atoms with Crippen LogP contribution in [0.5, 0.6) is 0 Å². The molecule has 0 amide bonds. The third-order valence-corrected chi connectivity index (χ3v) is 6.49. The van der Waals surface area contributed by atoms with Crippen LogP contribution >= 0.6 is 15.9 Å². The van der Waals surface area contributed by atoms with Crippen LogP contribution in [0.3, 0.4) is 0 Å². The van der Waals surface area contributed by atoms with Crippen molar-refractivity contribution in [3.8, 4) is 0 Å². The second kappa shape index (κ2) is 6.64. The minimum atomic E-state index is -3.51. The zero-order valence-corrected chi connectivity index (χ0v) is 14.7. The number of hydrogen-bond acceptors (Lipinski definition) is 4. The van der Waals surface area contributed by atoms with E-state index in [1.165, 1.54) is 6.07 Å². The van der Waals surface area contributed by atoms with Crippen molar-refractivity contribution in [3.05, 3.63) is 22.2 Å². The quantitative estimate of drug-likeness (QED) is 0.818. The summed E-state index contributed by atoms with van der Waals surface area (Å²) < 4.78 is 33.1. The molecule has 0 aromatic heterocycles. The van der Waals surface area contributed by atoms with Gasteiger partial charge in [-0.2, -0.15) is 4.31 Å². The predicted molar refractivity (Wildman–Crippen MR) is 86.7 cm³/mol. The van der Waals surface area contributed by atoms with Crippen molar-refractivity contribution in [2.75, 3.05) is 32.5 Å². The summed E-state index contributed by atoms with van der Waals surface area (Å²) in [5.41, 5.74) is 6.97. The number of piperidine rings is 1. The highest BCUT2D eigenvalue weighted by atomic mass is 79.9. The number of halogens is 1. The van der Waals surface area contributed by atoms with Crippen LogP contribution in [0.15, 0.2) is 21.5 Å². The molecule has 1 aliphatic heterocycles. The van der Waals surface area contributed by atoms with Gasteiger partial charge < -0.3 is 10.5 Å². The van der Waals surface area contributed by atoms with E-state index in [9.17, 15) is 8.42 Å². The van der Waals surface area contributed by atoms with Crippen LogP contribution < -0.4 is 5.73 Å². The average molecular weight is 377 g/mol. The molecule has 21 heavy (non-hydrogen) atoms. The Labute approximate surface area is 134 Å². The maximum atomic E-state index is 12.8. The number of methoxy groups -OCH3 is 1. The lowest BCUT2D eigenvalue weighted by atomic mass is 10.0. The minimum Gasteiger partial charge on any atom is -0.398 e. The number of nitrogens with zero attached hydrogens (tertiary/aromatic N) is 1. The van der Waals surface area contributed by atoms with Crippen molar-refractivity contribution in [2.24, 2.45) is 5.92 Å². The summed E-state index contributed by atoms with van der Waals surface area (Å²) in [6, 6.07) is 3.29. The summed E-state index contributed by atoms with van der Waals surface area (Å²) >= 11 is 3.32. The van der Waals surface area contributed by atoms with Crippen LogP contribution in [0.4, 0.5) is 5.69 Å². The highest BCUT2D eigenvalue weighted by Gasteiger charge is 2.31. The van der Waals surface area contributed by atoms with Crippen molar-refractivity contribution >= 4 is 31.6 Å². The van der Waals surface area contributed by atoms with Crippen LogP contribution in [0.1, 0.15) is 18.4 Å². The van der Waals surface area contributed by atoms with Gasteiger partial charge in [-0.1, -0.05) is 0 Å². The Hall–Kier alpha value is -0.630.